The van der Waals surface area contributed by atoms with Gasteiger partial charge < -0.3 is 19.5 Å². The first-order valence-electron chi connectivity index (χ1n) is 10.6. The summed E-state index contributed by atoms with van der Waals surface area (Å²) < 4.78 is 5.46. The van der Waals surface area contributed by atoms with Gasteiger partial charge >= 0.3 is 0 Å². The largest absolute Gasteiger partial charge is 0.381 e. The molecule has 3 fully saturated rings. The van der Waals surface area contributed by atoms with Crippen LogP contribution in [0.15, 0.2) is 48.7 Å². The highest BCUT2D eigenvalue weighted by molar-refractivity contribution is 5.92. The van der Waals surface area contributed by atoms with Gasteiger partial charge in [0.1, 0.15) is 5.69 Å². The van der Waals surface area contributed by atoms with Gasteiger partial charge in [-0.2, -0.15) is 0 Å². The Balaban J connectivity index is 1.40. The zero-order valence-electron chi connectivity index (χ0n) is 16.5. The number of carbonyl (C=O) groups excluding carboxylic acids is 2. The maximum atomic E-state index is 13.4. The Labute approximate surface area is 170 Å². The van der Waals surface area contributed by atoms with Crippen molar-refractivity contribution in [2.75, 3.05) is 32.8 Å². The van der Waals surface area contributed by atoms with Gasteiger partial charge in [-0.25, -0.2) is 0 Å². The lowest BCUT2D eigenvalue weighted by Gasteiger charge is -2.33. The first-order chi connectivity index (χ1) is 14.2. The molecule has 2 amide bonds. The second-order valence-corrected chi connectivity index (χ2v) is 8.45. The van der Waals surface area contributed by atoms with Crippen LogP contribution in [0.4, 0.5) is 0 Å². The van der Waals surface area contributed by atoms with Crippen LogP contribution in [-0.2, 0) is 9.53 Å². The summed E-state index contributed by atoms with van der Waals surface area (Å²) in [6.07, 6.45) is 3.40. The van der Waals surface area contributed by atoms with Crippen LogP contribution < -0.4 is 0 Å². The van der Waals surface area contributed by atoms with E-state index in [0.29, 0.717) is 37.9 Å². The Hall–Kier alpha value is -2.60. The maximum Gasteiger partial charge on any atom is 0.270 e. The van der Waals surface area contributed by atoms with Crippen LogP contribution in [0.1, 0.15) is 34.9 Å². The summed E-state index contributed by atoms with van der Waals surface area (Å²) >= 11 is 0. The number of ether oxygens (including phenoxy) is 1. The Morgan fingerprint density at radius 2 is 1.76 bits per heavy atom. The van der Waals surface area contributed by atoms with Gasteiger partial charge in [0.05, 0.1) is 6.04 Å². The third kappa shape index (κ3) is 3.35. The highest BCUT2D eigenvalue weighted by Crippen LogP contribution is 2.46. The zero-order valence-corrected chi connectivity index (χ0v) is 16.5. The molecule has 6 nitrogen and oxygen atoms in total. The molecule has 152 valence electrons. The van der Waals surface area contributed by atoms with E-state index < -0.39 is 0 Å². The van der Waals surface area contributed by atoms with Crippen molar-refractivity contribution >= 4 is 11.8 Å². The Bertz CT molecular complexity index is 861. The van der Waals surface area contributed by atoms with Gasteiger partial charge in [0.25, 0.3) is 5.91 Å². The van der Waals surface area contributed by atoms with Crippen molar-refractivity contribution in [3.8, 4) is 0 Å². The Morgan fingerprint density at radius 1 is 0.966 bits per heavy atom. The average Bonchev–Trinajstić information content (AvgIpc) is 3.50. The van der Waals surface area contributed by atoms with Gasteiger partial charge in [-0.05, 0) is 30.5 Å². The fraction of sp³-hybridized carbons (Fsp3) is 0.478. The molecule has 0 saturated carbocycles. The van der Waals surface area contributed by atoms with E-state index in [1.807, 2.05) is 35.2 Å². The molecular weight excluding hydrogens is 366 g/mol. The highest BCUT2D eigenvalue weighted by Gasteiger charge is 2.51. The number of carbonyl (C=O) groups is 2. The summed E-state index contributed by atoms with van der Waals surface area (Å²) in [7, 11) is 0. The summed E-state index contributed by atoms with van der Waals surface area (Å²) in [5.41, 5.74) is 1.81. The topological polar surface area (TPSA) is 65.6 Å². The Kier molecular flexibility index (Phi) is 4.87. The third-order valence-electron chi connectivity index (χ3n) is 6.77. The molecule has 3 aliphatic rings. The minimum Gasteiger partial charge on any atom is -0.381 e. The van der Waals surface area contributed by atoms with E-state index in [2.05, 4.69) is 22.0 Å². The maximum absolute atomic E-state index is 13.4. The molecule has 4 heterocycles. The van der Waals surface area contributed by atoms with Crippen molar-refractivity contribution < 1.29 is 14.3 Å². The molecule has 1 N–H and O–H groups in total. The average molecular weight is 393 g/mol. The molecule has 0 radical (unpaired) electrons. The van der Waals surface area contributed by atoms with Gasteiger partial charge in [0.2, 0.25) is 5.91 Å². The van der Waals surface area contributed by atoms with Crippen molar-refractivity contribution in [1.29, 1.82) is 0 Å². The number of aromatic nitrogens is 1. The number of fused-ring (bicyclic) bond motifs is 1. The SMILES string of the molecule is O=C(c1ccc[nH]1)N1C[C@H]2CN(C(=O)C3CCOCC3)[C@H](c3ccccc3)[C@H]2C1. The molecule has 2 aromatic rings. The van der Waals surface area contributed by atoms with Crippen molar-refractivity contribution in [2.24, 2.45) is 17.8 Å². The van der Waals surface area contributed by atoms with Crippen LogP contribution in [0.3, 0.4) is 0 Å². The lowest BCUT2D eigenvalue weighted by atomic mass is 9.89. The number of amides is 2. The highest BCUT2D eigenvalue weighted by atomic mass is 16.5. The van der Waals surface area contributed by atoms with E-state index in [1.165, 1.54) is 5.56 Å². The molecule has 3 atom stereocenters. The molecule has 0 spiro atoms. The predicted octanol–water partition coefficient (Wildman–Crippen LogP) is 2.71. The van der Waals surface area contributed by atoms with Crippen LogP contribution in [0.2, 0.25) is 0 Å². The zero-order chi connectivity index (χ0) is 19.8. The molecule has 1 aromatic heterocycles. The number of hydrogen-bond donors (Lipinski definition) is 1. The van der Waals surface area contributed by atoms with Gasteiger partial charge in [0.15, 0.2) is 0 Å². The fourth-order valence-corrected chi connectivity index (χ4v) is 5.33. The van der Waals surface area contributed by atoms with Gasteiger partial charge in [0, 0.05) is 56.8 Å². The molecule has 0 bridgehead atoms. The molecule has 5 rings (SSSR count). The van der Waals surface area contributed by atoms with Crippen molar-refractivity contribution in [3.05, 3.63) is 59.9 Å². The summed E-state index contributed by atoms with van der Waals surface area (Å²) in [6.45, 7) is 3.48. The van der Waals surface area contributed by atoms with Crippen LogP contribution in [0, 0.1) is 17.8 Å². The molecule has 0 aliphatic carbocycles. The van der Waals surface area contributed by atoms with Crippen LogP contribution in [0.5, 0.6) is 0 Å². The molecule has 3 saturated heterocycles. The number of likely N-dealkylation sites (tertiary alicyclic amines) is 2. The van der Waals surface area contributed by atoms with Crippen molar-refractivity contribution in [2.45, 2.75) is 18.9 Å². The summed E-state index contributed by atoms with van der Waals surface area (Å²) in [6, 6.07) is 14.0. The summed E-state index contributed by atoms with van der Waals surface area (Å²) in [5.74, 6) is 0.978. The Morgan fingerprint density at radius 3 is 2.48 bits per heavy atom. The number of H-pyrrole nitrogens is 1. The van der Waals surface area contributed by atoms with Crippen LogP contribution in [0.25, 0.3) is 0 Å². The second-order valence-electron chi connectivity index (χ2n) is 8.45. The van der Waals surface area contributed by atoms with E-state index in [4.69, 9.17) is 4.74 Å². The number of aromatic amines is 1. The van der Waals surface area contributed by atoms with E-state index >= 15 is 0 Å². The number of nitrogens with zero attached hydrogens (tertiary/aromatic N) is 2. The molecular formula is C23H27N3O3. The molecule has 29 heavy (non-hydrogen) atoms. The smallest absolute Gasteiger partial charge is 0.270 e. The monoisotopic (exact) mass is 393 g/mol. The second kappa shape index (κ2) is 7.67. The third-order valence-corrected chi connectivity index (χ3v) is 6.77. The lowest BCUT2D eigenvalue weighted by Crippen LogP contribution is -2.41. The quantitative estimate of drug-likeness (QED) is 0.872. The number of nitrogens with one attached hydrogen (secondary N) is 1. The fourth-order valence-electron chi connectivity index (χ4n) is 5.33. The molecule has 1 aromatic carbocycles. The standard InChI is InChI=1S/C23H27N3O3/c27-22(17-8-11-29-12-9-17)26-14-18-13-25(23(28)20-7-4-10-24-20)15-19(18)21(26)16-5-2-1-3-6-16/h1-7,10,17-19,21,24H,8-9,11-15H2/t18-,19-,21+/m0/s1. The van der Waals surface area contributed by atoms with Gasteiger partial charge in [-0.3, -0.25) is 9.59 Å². The number of benzene rings is 1. The van der Waals surface area contributed by atoms with E-state index in [-0.39, 0.29) is 29.7 Å². The predicted molar refractivity (Wildman–Crippen MR) is 108 cm³/mol. The molecule has 6 heteroatoms. The summed E-state index contributed by atoms with van der Waals surface area (Å²) in [5, 5.41) is 0. The van der Waals surface area contributed by atoms with Gasteiger partial charge in [-0.15, -0.1) is 0 Å². The van der Waals surface area contributed by atoms with Crippen LogP contribution >= 0.6 is 0 Å². The van der Waals surface area contributed by atoms with E-state index in [1.54, 1.807) is 6.20 Å². The lowest BCUT2D eigenvalue weighted by molar-refractivity contribution is -0.140. The van der Waals surface area contributed by atoms with Crippen molar-refractivity contribution in [1.82, 2.24) is 14.8 Å². The molecule has 0 unspecified atom stereocenters. The van der Waals surface area contributed by atoms with E-state index in [9.17, 15) is 9.59 Å². The normalized spacial score (nSPS) is 27.2. The van der Waals surface area contributed by atoms with Crippen LogP contribution in [-0.4, -0.2) is 59.4 Å². The number of rotatable bonds is 3. The van der Waals surface area contributed by atoms with Crippen molar-refractivity contribution in [3.63, 3.8) is 0 Å². The summed E-state index contributed by atoms with van der Waals surface area (Å²) in [4.78, 5) is 33.3. The number of hydrogen-bond acceptors (Lipinski definition) is 3. The first kappa shape index (κ1) is 18.4. The minimum atomic E-state index is 0.0398. The minimum absolute atomic E-state index is 0.0398. The molecule has 3 aliphatic heterocycles. The van der Waals surface area contributed by atoms with E-state index in [0.717, 1.165) is 19.4 Å². The van der Waals surface area contributed by atoms with Gasteiger partial charge in [-0.1, -0.05) is 30.3 Å². The first-order valence-corrected chi connectivity index (χ1v) is 10.6.